The van der Waals surface area contributed by atoms with Gasteiger partial charge in [0.25, 0.3) is 0 Å². The summed E-state index contributed by atoms with van der Waals surface area (Å²) < 4.78 is 10.5. The monoisotopic (exact) mass is 346 g/mol. The third-order valence-electron chi connectivity index (χ3n) is 5.03. The molecule has 0 aromatic carbocycles. The Morgan fingerprint density at radius 3 is 1.58 bits per heavy atom. The number of aliphatic carboxylic acids is 1. The highest BCUT2D eigenvalue weighted by atomic mass is 16.6. The fourth-order valence-corrected chi connectivity index (χ4v) is 1.79. The highest BCUT2D eigenvalue weighted by Crippen LogP contribution is 2.27. The molecule has 5 heteroatoms. The minimum Gasteiger partial charge on any atom is -0.481 e. The van der Waals surface area contributed by atoms with Crippen molar-refractivity contribution in [1.82, 2.24) is 0 Å². The highest BCUT2D eigenvalue weighted by Gasteiger charge is 2.31. The number of hydrogen-bond acceptors (Lipinski definition) is 4. The third kappa shape index (κ3) is 8.67. The number of carboxylic acids is 1. The lowest BCUT2D eigenvalue weighted by Crippen LogP contribution is -2.31. The van der Waals surface area contributed by atoms with Gasteiger partial charge in [0.1, 0.15) is 6.61 Å². The Morgan fingerprint density at radius 1 is 0.917 bits per heavy atom. The first-order valence-corrected chi connectivity index (χ1v) is 9.08. The van der Waals surface area contributed by atoms with Crippen LogP contribution < -0.4 is 0 Å². The molecular formula is C19H38O5. The van der Waals surface area contributed by atoms with Crippen molar-refractivity contribution >= 4 is 11.9 Å². The van der Waals surface area contributed by atoms with Crippen molar-refractivity contribution in [2.75, 3.05) is 13.2 Å². The molecule has 5 nitrogen and oxygen atoms in total. The summed E-state index contributed by atoms with van der Waals surface area (Å²) in [5.74, 6) is -0.799. The zero-order valence-electron chi connectivity index (χ0n) is 16.9. The van der Waals surface area contributed by atoms with Crippen LogP contribution in [-0.4, -0.2) is 36.4 Å². The van der Waals surface area contributed by atoms with Crippen molar-refractivity contribution in [2.45, 2.75) is 87.2 Å². The molecule has 0 aliphatic rings. The maximum atomic E-state index is 11.8. The molecule has 1 atom stereocenters. The van der Waals surface area contributed by atoms with Gasteiger partial charge in [-0.05, 0) is 53.4 Å². The van der Waals surface area contributed by atoms with Gasteiger partial charge >= 0.3 is 11.9 Å². The van der Waals surface area contributed by atoms with Gasteiger partial charge in [0.15, 0.2) is 0 Å². The second-order valence-corrected chi connectivity index (χ2v) is 6.71. The fraction of sp³-hybridized carbons (Fsp3) is 0.895. The van der Waals surface area contributed by atoms with Gasteiger partial charge in [-0.3, -0.25) is 9.59 Å². The fourth-order valence-electron chi connectivity index (χ4n) is 1.79. The molecule has 0 radical (unpaired) electrons. The van der Waals surface area contributed by atoms with Crippen LogP contribution >= 0.6 is 0 Å². The Kier molecular flexibility index (Phi) is 12.9. The normalized spacial score (nSPS) is 12.8. The SMILES string of the molecule is CCC(C)(CC)C(=O)O.CCOC(C)COC(=O)C(C)(CC)CC. The average Bonchev–Trinajstić information content (AvgIpc) is 2.58. The van der Waals surface area contributed by atoms with Crippen LogP contribution in [0.15, 0.2) is 0 Å². The molecule has 0 amide bonds. The smallest absolute Gasteiger partial charge is 0.311 e. The lowest BCUT2D eigenvalue weighted by molar-refractivity contribution is -0.159. The molecule has 144 valence electrons. The lowest BCUT2D eigenvalue weighted by atomic mass is 9.85. The van der Waals surface area contributed by atoms with E-state index in [9.17, 15) is 9.59 Å². The van der Waals surface area contributed by atoms with Gasteiger partial charge in [0.2, 0.25) is 0 Å². The van der Waals surface area contributed by atoms with Crippen LogP contribution in [0.1, 0.15) is 81.1 Å². The zero-order valence-corrected chi connectivity index (χ0v) is 16.9. The van der Waals surface area contributed by atoms with Crippen molar-refractivity contribution < 1.29 is 24.2 Å². The Morgan fingerprint density at radius 2 is 1.33 bits per heavy atom. The summed E-state index contributed by atoms with van der Waals surface area (Å²) in [6.45, 7) is 16.4. The average molecular weight is 347 g/mol. The molecule has 0 aromatic rings. The standard InChI is InChI=1S/C12H24O3.C7H14O2/c1-6-12(5,7-2)11(13)15-9-10(4)14-8-3;1-4-7(3,5-2)6(8)9/h10H,6-9H2,1-5H3;4-5H2,1-3H3,(H,8,9). The van der Waals surface area contributed by atoms with E-state index in [0.717, 1.165) is 12.8 Å². The van der Waals surface area contributed by atoms with E-state index in [1.807, 2.05) is 48.5 Å². The van der Waals surface area contributed by atoms with Crippen molar-refractivity contribution in [1.29, 1.82) is 0 Å². The van der Waals surface area contributed by atoms with Gasteiger partial charge in [0, 0.05) is 6.61 Å². The number of hydrogen-bond donors (Lipinski definition) is 1. The number of ether oxygens (including phenoxy) is 2. The van der Waals surface area contributed by atoms with Gasteiger partial charge in [-0.1, -0.05) is 27.7 Å². The number of carboxylic acid groups (broad SMARTS) is 1. The Bertz CT molecular complexity index is 357. The topological polar surface area (TPSA) is 72.8 Å². The van der Waals surface area contributed by atoms with Crippen LogP contribution in [0.5, 0.6) is 0 Å². The van der Waals surface area contributed by atoms with E-state index in [2.05, 4.69) is 0 Å². The first kappa shape index (κ1) is 25.1. The molecule has 0 aromatic heterocycles. The van der Waals surface area contributed by atoms with Gasteiger partial charge in [-0.25, -0.2) is 0 Å². The molecule has 1 unspecified atom stereocenters. The second kappa shape index (κ2) is 12.3. The zero-order chi connectivity index (χ0) is 19.4. The first-order chi connectivity index (χ1) is 11.1. The van der Waals surface area contributed by atoms with Crippen molar-refractivity contribution in [2.24, 2.45) is 10.8 Å². The maximum absolute atomic E-state index is 11.8. The molecule has 0 rings (SSSR count). The van der Waals surface area contributed by atoms with E-state index in [-0.39, 0.29) is 17.5 Å². The molecule has 0 saturated carbocycles. The molecule has 0 aliphatic heterocycles. The molecule has 24 heavy (non-hydrogen) atoms. The predicted octanol–water partition coefficient (Wildman–Crippen LogP) is 4.68. The van der Waals surface area contributed by atoms with Gasteiger partial charge in [-0.15, -0.1) is 0 Å². The van der Waals surface area contributed by atoms with Crippen LogP contribution in [0.3, 0.4) is 0 Å². The third-order valence-corrected chi connectivity index (χ3v) is 5.03. The molecule has 0 saturated heterocycles. The van der Waals surface area contributed by atoms with E-state index in [0.29, 0.717) is 26.1 Å². The molecule has 0 spiro atoms. The largest absolute Gasteiger partial charge is 0.481 e. The molecule has 0 aliphatic carbocycles. The van der Waals surface area contributed by atoms with Crippen molar-refractivity contribution in [3.63, 3.8) is 0 Å². The Labute approximate surface area is 148 Å². The minimum atomic E-state index is -0.687. The van der Waals surface area contributed by atoms with Crippen LogP contribution in [0.25, 0.3) is 0 Å². The van der Waals surface area contributed by atoms with Crippen LogP contribution in [-0.2, 0) is 19.1 Å². The summed E-state index contributed by atoms with van der Waals surface area (Å²) in [5.41, 5.74) is -0.841. The van der Waals surface area contributed by atoms with Crippen LogP contribution in [0.4, 0.5) is 0 Å². The molecular weight excluding hydrogens is 308 g/mol. The highest BCUT2D eigenvalue weighted by molar-refractivity contribution is 5.76. The van der Waals surface area contributed by atoms with Crippen molar-refractivity contribution in [3.8, 4) is 0 Å². The van der Waals surface area contributed by atoms with E-state index < -0.39 is 11.4 Å². The first-order valence-electron chi connectivity index (χ1n) is 9.08. The quantitative estimate of drug-likeness (QED) is 0.582. The van der Waals surface area contributed by atoms with Gasteiger partial charge in [-0.2, -0.15) is 0 Å². The summed E-state index contributed by atoms with van der Waals surface area (Å²) in [4.78, 5) is 22.2. The summed E-state index contributed by atoms with van der Waals surface area (Å²) in [5, 5.41) is 8.63. The Balaban J connectivity index is 0. The summed E-state index contributed by atoms with van der Waals surface area (Å²) >= 11 is 0. The van der Waals surface area contributed by atoms with Gasteiger partial charge in [0.05, 0.1) is 16.9 Å². The van der Waals surface area contributed by atoms with Gasteiger partial charge < -0.3 is 14.6 Å². The Hall–Kier alpha value is -1.10. The molecule has 0 fully saturated rings. The maximum Gasteiger partial charge on any atom is 0.311 e. The molecule has 0 heterocycles. The van der Waals surface area contributed by atoms with E-state index in [4.69, 9.17) is 14.6 Å². The molecule has 0 bridgehead atoms. The minimum absolute atomic E-state index is 0.0167. The van der Waals surface area contributed by atoms with Crippen LogP contribution in [0.2, 0.25) is 0 Å². The predicted molar refractivity (Wildman–Crippen MR) is 97.1 cm³/mol. The second-order valence-electron chi connectivity index (χ2n) is 6.71. The summed E-state index contributed by atoms with van der Waals surface area (Å²) in [7, 11) is 0. The number of carbonyl (C=O) groups excluding carboxylic acids is 1. The van der Waals surface area contributed by atoms with E-state index in [1.165, 1.54) is 0 Å². The van der Waals surface area contributed by atoms with E-state index in [1.54, 1.807) is 6.92 Å². The van der Waals surface area contributed by atoms with E-state index >= 15 is 0 Å². The number of esters is 1. The summed E-state index contributed by atoms with van der Waals surface area (Å²) in [6, 6.07) is 0. The number of rotatable bonds is 10. The summed E-state index contributed by atoms with van der Waals surface area (Å²) in [6.07, 6.45) is 3.02. The lowest BCUT2D eigenvalue weighted by Gasteiger charge is -2.25. The van der Waals surface area contributed by atoms with Crippen molar-refractivity contribution in [3.05, 3.63) is 0 Å². The molecule has 1 N–H and O–H groups in total. The number of carbonyl (C=O) groups is 2. The van der Waals surface area contributed by atoms with Crippen LogP contribution in [0, 0.1) is 10.8 Å².